The van der Waals surface area contributed by atoms with Crippen molar-refractivity contribution in [2.24, 2.45) is 0 Å². The number of carbonyl (C=O) groups excluding carboxylic acids is 1. The van der Waals surface area contributed by atoms with E-state index < -0.39 is 0 Å². The lowest BCUT2D eigenvalue weighted by Gasteiger charge is -2.31. The highest BCUT2D eigenvalue weighted by Gasteiger charge is 2.36. The maximum atomic E-state index is 12.3. The molecule has 98 valence electrons. The Morgan fingerprint density at radius 3 is 2.83 bits per heavy atom. The molecule has 3 heterocycles. The van der Waals surface area contributed by atoms with Crippen molar-refractivity contribution in [2.75, 3.05) is 13.1 Å². The fraction of sp³-hybridized carbons (Fsp3) is 0.750. The molecule has 0 aromatic carbocycles. The van der Waals surface area contributed by atoms with E-state index >= 15 is 0 Å². The van der Waals surface area contributed by atoms with Crippen molar-refractivity contribution in [3.8, 4) is 0 Å². The molecule has 0 spiro atoms. The van der Waals surface area contributed by atoms with Crippen LogP contribution in [-0.4, -0.2) is 51.3 Å². The molecule has 6 heteroatoms. The van der Waals surface area contributed by atoms with E-state index in [9.17, 15) is 4.79 Å². The van der Waals surface area contributed by atoms with Gasteiger partial charge in [0.15, 0.2) is 0 Å². The molecule has 2 fully saturated rings. The first-order chi connectivity index (χ1) is 8.76. The number of H-pyrrole nitrogens is 1. The zero-order chi connectivity index (χ0) is 12.5. The van der Waals surface area contributed by atoms with Crippen LogP contribution >= 0.6 is 0 Å². The molecule has 1 N–H and O–H groups in total. The fourth-order valence-corrected chi connectivity index (χ4v) is 2.66. The van der Waals surface area contributed by atoms with Crippen LogP contribution in [0.4, 0.5) is 0 Å². The Morgan fingerprint density at radius 2 is 2.17 bits per heavy atom. The van der Waals surface area contributed by atoms with Gasteiger partial charge in [-0.25, -0.2) is 4.98 Å². The van der Waals surface area contributed by atoms with E-state index in [-0.39, 0.29) is 18.1 Å². The second-order valence-electron chi connectivity index (χ2n) is 5.02. The molecule has 2 unspecified atom stereocenters. The van der Waals surface area contributed by atoms with Crippen LogP contribution in [0.25, 0.3) is 0 Å². The summed E-state index contributed by atoms with van der Waals surface area (Å²) >= 11 is 0. The summed E-state index contributed by atoms with van der Waals surface area (Å²) < 4.78 is 5.71. The number of nitrogens with one attached hydrogen (secondary N) is 1. The lowest BCUT2D eigenvalue weighted by atomic mass is 10.2. The number of rotatable bonds is 3. The van der Waals surface area contributed by atoms with Crippen LogP contribution in [0, 0.1) is 0 Å². The number of amides is 1. The molecule has 0 radical (unpaired) electrons. The first kappa shape index (κ1) is 11.6. The Balaban J connectivity index is 1.69. The highest BCUT2D eigenvalue weighted by Crippen LogP contribution is 2.26. The number of morpholine rings is 1. The molecule has 1 aromatic rings. The van der Waals surface area contributed by atoms with Gasteiger partial charge < -0.3 is 9.64 Å². The normalized spacial score (nSPS) is 26.6. The highest BCUT2D eigenvalue weighted by molar-refractivity contribution is 5.90. The van der Waals surface area contributed by atoms with E-state index in [0.717, 1.165) is 31.5 Å². The van der Waals surface area contributed by atoms with Crippen LogP contribution in [0.15, 0.2) is 0 Å². The maximum absolute atomic E-state index is 12.3. The van der Waals surface area contributed by atoms with Crippen molar-refractivity contribution in [2.45, 2.75) is 44.8 Å². The number of carbonyl (C=O) groups is 1. The molecule has 3 rings (SSSR count). The van der Waals surface area contributed by atoms with Crippen LogP contribution in [0.3, 0.4) is 0 Å². The van der Waals surface area contributed by atoms with Gasteiger partial charge in [0.25, 0.3) is 5.91 Å². The summed E-state index contributed by atoms with van der Waals surface area (Å²) in [5.41, 5.74) is 0. The third-order valence-electron chi connectivity index (χ3n) is 3.54. The van der Waals surface area contributed by atoms with Gasteiger partial charge in [0.2, 0.25) is 5.82 Å². The molecule has 6 nitrogen and oxygen atoms in total. The standard InChI is InChI=1S/C12H18N4O2/c1-2-3-10-13-11(15-14-10)12(17)16-6-8-4-5-9(7-16)18-8/h8-9H,2-7H2,1H3,(H,13,14,15). The first-order valence-corrected chi connectivity index (χ1v) is 6.62. The number of fused-ring (bicyclic) bond motifs is 2. The van der Waals surface area contributed by atoms with Gasteiger partial charge in [-0.3, -0.25) is 9.89 Å². The van der Waals surface area contributed by atoms with Crippen molar-refractivity contribution in [1.82, 2.24) is 20.1 Å². The van der Waals surface area contributed by atoms with Gasteiger partial charge in [-0.15, -0.1) is 5.10 Å². The fourth-order valence-electron chi connectivity index (χ4n) is 2.66. The van der Waals surface area contributed by atoms with E-state index in [2.05, 4.69) is 22.1 Å². The number of aromatic amines is 1. The number of likely N-dealkylation sites (tertiary alicyclic amines) is 1. The summed E-state index contributed by atoms with van der Waals surface area (Å²) in [5, 5.41) is 6.84. The minimum atomic E-state index is -0.0752. The van der Waals surface area contributed by atoms with Crippen LogP contribution in [0.1, 0.15) is 42.6 Å². The average Bonchev–Trinajstić information content (AvgIpc) is 2.96. The highest BCUT2D eigenvalue weighted by atomic mass is 16.5. The Labute approximate surface area is 106 Å². The SMILES string of the molecule is CCCc1nc(C(=O)N2CC3CCC(C2)O3)n[nH]1. The number of ether oxygens (including phenoxy) is 1. The summed E-state index contributed by atoms with van der Waals surface area (Å²) in [4.78, 5) is 18.3. The van der Waals surface area contributed by atoms with Crippen molar-refractivity contribution in [3.05, 3.63) is 11.6 Å². The van der Waals surface area contributed by atoms with Crippen LogP contribution in [0.5, 0.6) is 0 Å². The number of aryl methyl sites for hydroxylation is 1. The first-order valence-electron chi connectivity index (χ1n) is 6.62. The van der Waals surface area contributed by atoms with E-state index in [1.54, 1.807) is 0 Å². The Morgan fingerprint density at radius 1 is 1.44 bits per heavy atom. The Kier molecular flexibility index (Phi) is 3.03. The molecule has 2 atom stereocenters. The van der Waals surface area contributed by atoms with Crippen molar-refractivity contribution >= 4 is 5.91 Å². The summed E-state index contributed by atoms with van der Waals surface area (Å²) in [6.45, 7) is 3.42. The quantitative estimate of drug-likeness (QED) is 0.859. The van der Waals surface area contributed by atoms with Gasteiger partial charge in [-0.05, 0) is 19.3 Å². The van der Waals surface area contributed by atoms with Crippen LogP contribution in [0.2, 0.25) is 0 Å². The summed E-state index contributed by atoms with van der Waals surface area (Å²) in [6, 6.07) is 0. The predicted octanol–water partition coefficient (Wildman–Crippen LogP) is 0.761. The summed E-state index contributed by atoms with van der Waals surface area (Å²) in [6.07, 6.45) is 4.36. The molecular weight excluding hydrogens is 232 g/mol. The van der Waals surface area contributed by atoms with E-state index in [0.29, 0.717) is 18.9 Å². The maximum Gasteiger partial charge on any atom is 0.293 e. The van der Waals surface area contributed by atoms with E-state index in [1.807, 2.05) is 4.90 Å². The van der Waals surface area contributed by atoms with E-state index in [4.69, 9.17) is 4.74 Å². The second kappa shape index (κ2) is 4.68. The number of hydrogen-bond acceptors (Lipinski definition) is 4. The molecule has 2 aliphatic rings. The van der Waals surface area contributed by atoms with Crippen LogP contribution in [-0.2, 0) is 11.2 Å². The molecule has 18 heavy (non-hydrogen) atoms. The molecular formula is C12H18N4O2. The topological polar surface area (TPSA) is 71.1 Å². The van der Waals surface area contributed by atoms with Gasteiger partial charge in [-0.2, -0.15) is 0 Å². The Bertz CT molecular complexity index is 433. The third-order valence-corrected chi connectivity index (χ3v) is 3.54. The van der Waals surface area contributed by atoms with Gasteiger partial charge in [0.05, 0.1) is 12.2 Å². The number of aromatic nitrogens is 3. The number of nitrogens with zero attached hydrogens (tertiary/aromatic N) is 3. The molecule has 0 aliphatic carbocycles. The lowest BCUT2D eigenvalue weighted by molar-refractivity contribution is -0.0307. The van der Waals surface area contributed by atoms with Crippen molar-refractivity contribution < 1.29 is 9.53 Å². The summed E-state index contributed by atoms with van der Waals surface area (Å²) in [7, 11) is 0. The van der Waals surface area contributed by atoms with Gasteiger partial charge in [-0.1, -0.05) is 6.92 Å². The molecule has 1 amide bonds. The van der Waals surface area contributed by atoms with Gasteiger partial charge in [0.1, 0.15) is 5.82 Å². The Hall–Kier alpha value is -1.43. The summed E-state index contributed by atoms with van der Waals surface area (Å²) in [5.74, 6) is 1.01. The minimum absolute atomic E-state index is 0.0752. The van der Waals surface area contributed by atoms with E-state index in [1.165, 1.54) is 0 Å². The molecule has 2 bridgehead atoms. The second-order valence-corrected chi connectivity index (χ2v) is 5.02. The molecule has 2 aliphatic heterocycles. The zero-order valence-corrected chi connectivity index (χ0v) is 10.6. The van der Waals surface area contributed by atoms with Gasteiger partial charge in [0, 0.05) is 19.5 Å². The zero-order valence-electron chi connectivity index (χ0n) is 10.6. The average molecular weight is 250 g/mol. The monoisotopic (exact) mass is 250 g/mol. The predicted molar refractivity (Wildman–Crippen MR) is 64.2 cm³/mol. The molecule has 0 saturated carbocycles. The van der Waals surface area contributed by atoms with Gasteiger partial charge >= 0.3 is 0 Å². The van der Waals surface area contributed by atoms with Crippen molar-refractivity contribution in [3.63, 3.8) is 0 Å². The molecule has 2 saturated heterocycles. The smallest absolute Gasteiger partial charge is 0.293 e. The largest absolute Gasteiger partial charge is 0.371 e. The lowest BCUT2D eigenvalue weighted by Crippen LogP contribution is -2.46. The van der Waals surface area contributed by atoms with Crippen LogP contribution < -0.4 is 0 Å². The minimum Gasteiger partial charge on any atom is -0.371 e. The molecule has 1 aromatic heterocycles. The third kappa shape index (κ3) is 2.12. The van der Waals surface area contributed by atoms with Crippen molar-refractivity contribution in [1.29, 1.82) is 0 Å². The number of hydrogen-bond donors (Lipinski definition) is 1.